The number of anilines is 2. The molecule has 0 aliphatic carbocycles. The van der Waals surface area contributed by atoms with E-state index in [4.69, 9.17) is 4.74 Å². The van der Waals surface area contributed by atoms with Gasteiger partial charge in [0.05, 0.1) is 23.7 Å². The Morgan fingerprint density at radius 1 is 0.973 bits per heavy atom. The smallest absolute Gasteiger partial charge is 0.264 e. The summed E-state index contributed by atoms with van der Waals surface area (Å²) in [6.07, 6.45) is 2.42. The minimum absolute atomic E-state index is 0.111. The van der Waals surface area contributed by atoms with Crippen LogP contribution in [0.25, 0.3) is 0 Å². The van der Waals surface area contributed by atoms with Crippen molar-refractivity contribution >= 4 is 27.3 Å². The molecule has 4 rings (SSSR count). The van der Waals surface area contributed by atoms with E-state index >= 15 is 0 Å². The van der Waals surface area contributed by atoms with Gasteiger partial charge in [-0.3, -0.25) is 9.10 Å². The summed E-state index contributed by atoms with van der Waals surface area (Å²) >= 11 is 0. The highest BCUT2D eigenvalue weighted by atomic mass is 32.2. The van der Waals surface area contributed by atoms with Gasteiger partial charge in [-0.05, 0) is 81.1 Å². The first kappa shape index (κ1) is 26.5. The number of rotatable bonds is 9. The quantitative estimate of drug-likeness (QED) is 0.429. The van der Waals surface area contributed by atoms with Crippen LogP contribution in [0.1, 0.15) is 42.5 Å². The van der Waals surface area contributed by atoms with Crippen molar-refractivity contribution in [3.05, 3.63) is 83.4 Å². The number of methoxy groups -OCH3 is 1. The molecule has 196 valence electrons. The first-order valence-electron chi connectivity index (χ1n) is 12.6. The van der Waals surface area contributed by atoms with Gasteiger partial charge in [0.15, 0.2) is 0 Å². The molecule has 0 spiro atoms. The van der Waals surface area contributed by atoms with Gasteiger partial charge in [-0.25, -0.2) is 8.42 Å². The second kappa shape index (κ2) is 11.3. The van der Waals surface area contributed by atoms with Crippen LogP contribution in [-0.2, 0) is 14.8 Å². The molecule has 3 aromatic carbocycles. The topological polar surface area (TPSA) is 79.0 Å². The van der Waals surface area contributed by atoms with Gasteiger partial charge in [0.1, 0.15) is 12.3 Å². The molecule has 0 radical (unpaired) electrons. The van der Waals surface area contributed by atoms with Crippen LogP contribution >= 0.6 is 0 Å². The molecule has 1 aliphatic heterocycles. The fraction of sp³-hybridized carbons (Fsp3) is 0.345. The van der Waals surface area contributed by atoms with Crippen molar-refractivity contribution in [3.8, 4) is 5.75 Å². The Balaban J connectivity index is 1.58. The lowest BCUT2D eigenvalue weighted by molar-refractivity contribution is -0.120. The van der Waals surface area contributed by atoms with Gasteiger partial charge in [0.2, 0.25) is 5.91 Å². The zero-order chi connectivity index (χ0) is 26.6. The van der Waals surface area contributed by atoms with Crippen molar-refractivity contribution in [3.63, 3.8) is 0 Å². The number of nitrogens with one attached hydrogen (secondary N) is 1. The molecule has 7 nitrogen and oxygen atoms in total. The van der Waals surface area contributed by atoms with E-state index in [-0.39, 0.29) is 17.5 Å². The van der Waals surface area contributed by atoms with Crippen LogP contribution in [0.15, 0.2) is 71.6 Å². The number of aryl methyl sites for hydroxylation is 2. The van der Waals surface area contributed by atoms with E-state index in [1.165, 1.54) is 25.6 Å². The largest absolute Gasteiger partial charge is 0.495 e. The third-order valence-electron chi connectivity index (χ3n) is 6.74. The maximum Gasteiger partial charge on any atom is 0.264 e. The van der Waals surface area contributed by atoms with Crippen LogP contribution in [0.3, 0.4) is 0 Å². The number of carbonyl (C=O) groups excluding carboxylic acids is 1. The number of ether oxygens (including phenoxy) is 1. The van der Waals surface area contributed by atoms with Gasteiger partial charge in [0, 0.05) is 18.8 Å². The van der Waals surface area contributed by atoms with Crippen LogP contribution in [0.4, 0.5) is 11.4 Å². The van der Waals surface area contributed by atoms with Crippen LogP contribution in [-0.4, -0.2) is 41.1 Å². The Morgan fingerprint density at radius 2 is 1.59 bits per heavy atom. The summed E-state index contributed by atoms with van der Waals surface area (Å²) < 4.78 is 34.1. The molecule has 1 N–H and O–H groups in total. The van der Waals surface area contributed by atoms with E-state index in [0.29, 0.717) is 11.4 Å². The highest BCUT2D eigenvalue weighted by Gasteiger charge is 2.30. The van der Waals surface area contributed by atoms with Crippen molar-refractivity contribution in [1.29, 1.82) is 0 Å². The van der Waals surface area contributed by atoms with Crippen molar-refractivity contribution in [2.45, 2.75) is 44.6 Å². The lowest BCUT2D eigenvalue weighted by atomic mass is 10.1. The second-order valence-corrected chi connectivity index (χ2v) is 11.4. The minimum Gasteiger partial charge on any atom is -0.495 e. The van der Waals surface area contributed by atoms with Gasteiger partial charge in [-0.1, -0.05) is 35.9 Å². The zero-order valence-corrected chi connectivity index (χ0v) is 22.7. The van der Waals surface area contributed by atoms with E-state index in [2.05, 4.69) is 22.3 Å². The first-order valence-corrected chi connectivity index (χ1v) is 14.0. The van der Waals surface area contributed by atoms with Crippen LogP contribution < -0.4 is 19.3 Å². The average Bonchev–Trinajstić information content (AvgIpc) is 3.43. The molecule has 8 heteroatoms. The third kappa shape index (κ3) is 6.07. The molecule has 0 aromatic heterocycles. The maximum absolute atomic E-state index is 13.8. The lowest BCUT2D eigenvalue weighted by Crippen LogP contribution is -2.41. The van der Waals surface area contributed by atoms with Crippen LogP contribution in [0, 0.1) is 13.8 Å². The number of hydrogen-bond acceptors (Lipinski definition) is 5. The molecule has 3 aromatic rings. The van der Waals surface area contributed by atoms with Crippen molar-refractivity contribution in [2.75, 3.05) is 35.9 Å². The van der Waals surface area contributed by atoms with Gasteiger partial charge >= 0.3 is 0 Å². The fourth-order valence-electron chi connectivity index (χ4n) is 4.58. The lowest BCUT2D eigenvalue weighted by Gasteiger charge is -2.27. The molecule has 1 unspecified atom stereocenters. The zero-order valence-electron chi connectivity index (χ0n) is 21.9. The second-order valence-electron chi connectivity index (χ2n) is 9.57. The Bertz CT molecular complexity index is 1330. The van der Waals surface area contributed by atoms with Gasteiger partial charge in [-0.15, -0.1) is 0 Å². The Kier molecular flexibility index (Phi) is 8.07. The molecule has 1 heterocycles. The molecule has 0 bridgehead atoms. The predicted octanol–water partition coefficient (Wildman–Crippen LogP) is 4.98. The Morgan fingerprint density at radius 3 is 2.22 bits per heavy atom. The Labute approximate surface area is 220 Å². The van der Waals surface area contributed by atoms with Crippen LogP contribution in [0.2, 0.25) is 0 Å². The summed E-state index contributed by atoms with van der Waals surface area (Å²) in [7, 11) is -2.56. The van der Waals surface area contributed by atoms with Crippen LogP contribution in [0.5, 0.6) is 5.75 Å². The molecule has 1 aliphatic rings. The molecule has 1 fully saturated rings. The van der Waals surface area contributed by atoms with E-state index < -0.39 is 15.9 Å². The summed E-state index contributed by atoms with van der Waals surface area (Å²) in [4.78, 5) is 15.7. The van der Waals surface area contributed by atoms with E-state index in [9.17, 15) is 13.2 Å². The fourth-order valence-corrected chi connectivity index (χ4v) is 6.01. The molecule has 1 amide bonds. The van der Waals surface area contributed by atoms with Crippen molar-refractivity contribution in [1.82, 2.24) is 5.32 Å². The van der Waals surface area contributed by atoms with E-state index in [0.717, 1.165) is 34.1 Å². The minimum atomic E-state index is -4.04. The monoisotopic (exact) mass is 521 g/mol. The molecular weight excluding hydrogens is 486 g/mol. The summed E-state index contributed by atoms with van der Waals surface area (Å²) in [6, 6.07) is 19.8. The molecule has 1 atom stereocenters. The standard InChI is InChI=1S/C29H35N3O4S/c1-21-7-14-26(15-8-21)37(34,35)32(27-19-22(2)9-16-28(27)36-4)20-29(33)30-23(3)24-10-12-25(13-11-24)31-17-5-6-18-31/h7-16,19,23H,5-6,17-18,20H2,1-4H3,(H,30,33). The van der Waals surface area contributed by atoms with E-state index in [1.54, 1.807) is 36.4 Å². The number of sulfonamides is 1. The summed E-state index contributed by atoms with van der Waals surface area (Å²) in [5, 5.41) is 2.97. The summed E-state index contributed by atoms with van der Waals surface area (Å²) in [5.41, 5.74) is 4.26. The first-order chi connectivity index (χ1) is 17.7. The average molecular weight is 522 g/mol. The van der Waals surface area contributed by atoms with Crippen molar-refractivity contribution in [2.24, 2.45) is 0 Å². The molecule has 0 saturated carbocycles. The van der Waals surface area contributed by atoms with Gasteiger partial charge in [-0.2, -0.15) is 0 Å². The molecule has 1 saturated heterocycles. The predicted molar refractivity (Wildman–Crippen MR) is 148 cm³/mol. The molecule has 37 heavy (non-hydrogen) atoms. The number of amides is 1. The summed E-state index contributed by atoms with van der Waals surface area (Å²) in [6.45, 7) is 7.41. The normalized spacial score (nSPS) is 14.3. The number of nitrogens with zero attached hydrogens (tertiary/aromatic N) is 2. The Hall–Kier alpha value is -3.52. The van der Waals surface area contributed by atoms with Crippen molar-refractivity contribution < 1.29 is 17.9 Å². The van der Waals surface area contributed by atoms with E-state index in [1.807, 2.05) is 39.0 Å². The summed E-state index contributed by atoms with van der Waals surface area (Å²) in [5.74, 6) is -0.0324. The highest BCUT2D eigenvalue weighted by Crippen LogP contribution is 2.33. The van der Waals surface area contributed by atoms with Gasteiger partial charge in [0.25, 0.3) is 10.0 Å². The SMILES string of the molecule is COc1ccc(C)cc1N(CC(=O)NC(C)c1ccc(N2CCCC2)cc1)S(=O)(=O)c1ccc(C)cc1. The molecular formula is C29H35N3O4S. The highest BCUT2D eigenvalue weighted by molar-refractivity contribution is 7.92. The number of benzene rings is 3. The number of hydrogen-bond donors (Lipinski definition) is 1. The maximum atomic E-state index is 13.8. The van der Waals surface area contributed by atoms with Gasteiger partial charge < -0.3 is 15.0 Å². The third-order valence-corrected chi connectivity index (χ3v) is 8.51. The number of carbonyl (C=O) groups is 1.